The van der Waals surface area contributed by atoms with Gasteiger partial charge in [0, 0.05) is 30.8 Å². The fraction of sp³-hybridized carbons (Fsp3) is 0.222. The molecule has 2 aromatic carbocycles. The van der Waals surface area contributed by atoms with Crippen molar-refractivity contribution in [1.82, 2.24) is 10.0 Å². The molecule has 0 saturated carbocycles. The molecule has 10 heteroatoms. The molecular formula is C18H19Cl2N3O4S. The van der Waals surface area contributed by atoms with Crippen LogP contribution < -0.4 is 15.4 Å². The molecule has 0 aliphatic carbocycles. The van der Waals surface area contributed by atoms with Gasteiger partial charge in [0.1, 0.15) is 4.90 Å². The Kier molecular flexibility index (Phi) is 7.82. The number of benzene rings is 2. The highest BCUT2D eigenvalue weighted by Crippen LogP contribution is 2.28. The number of rotatable bonds is 8. The molecule has 2 amide bonds. The Bertz CT molecular complexity index is 963. The SMILES string of the molecule is CCC(=O)Nc1ccc(C(=O)NCCNS(=O)(=O)c2cccc(Cl)c2Cl)cc1. The van der Waals surface area contributed by atoms with Gasteiger partial charge in [-0.05, 0) is 36.4 Å². The van der Waals surface area contributed by atoms with Crippen LogP contribution in [0, 0.1) is 0 Å². The van der Waals surface area contributed by atoms with Crippen molar-refractivity contribution in [2.24, 2.45) is 0 Å². The van der Waals surface area contributed by atoms with Gasteiger partial charge in [-0.3, -0.25) is 9.59 Å². The lowest BCUT2D eigenvalue weighted by Crippen LogP contribution is -2.34. The van der Waals surface area contributed by atoms with Gasteiger partial charge in [0.25, 0.3) is 5.91 Å². The molecule has 3 N–H and O–H groups in total. The second kappa shape index (κ2) is 9.88. The van der Waals surface area contributed by atoms with Crippen LogP contribution in [0.3, 0.4) is 0 Å². The van der Waals surface area contributed by atoms with Crippen LogP contribution in [0.5, 0.6) is 0 Å². The first-order chi connectivity index (χ1) is 13.2. The van der Waals surface area contributed by atoms with Gasteiger partial charge in [-0.15, -0.1) is 0 Å². The third-order valence-corrected chi connectivity index (χ3v) is 6.09. The van der Waals surface area contributed by atoms with Crippen molar-refractivity contribution in [3.8, 4) is 0 Å². The number of anilines is 1. The van der Waals surface area contributed by atoms with E-state index in [1.165, 1.54) is 18.2 Å². The highest BCUT2D eigenvalue weighted by atomic mass is 35.5. The highest BCUT2D eigenvalue weighted by Gasteiger charge is 2.19. The molecule has 0 bridgehead atoms. The molecule has 0 atom stereocenters. The summed E-state index contributed by atoms with van der Waals surface area (Å²) in [5.41, 5.74) is 0.977. The Balaban J connectivity index is 1.87. The van der Waals surface area contributed by atoms with E-state index < -0.39 is 10.0 Å². The van der Waals surface area contributed by atoms with Crippen LogP contribution in [-0.4, -0.2) is 33.3 Å². The van der Waals surface area contributed by atoms with E-state index in [0.29, 0.717) is 17.7 Å². The smallest absolute Gasteiger partial charge is 0.251 e. The zero-order chi connectivity index (χ0) is 20.7. The van der Waals surface area contributed by atoms with Crippen LogP contribution in [0.2, 0.25) is 10.0 Å². The van der Waals surface area contributed by atoms with Gasteiger partial charge in [-0.2, -0.15) is 0 Å². The summed E-state index contributed by atoms with van der Waals surface area (Å²) in [7, 11) is -3.85. The number of hydrogen-bond acceptors (Lipinski definition) is 4. The maximum atomic E-state index is 12.3. The van der Waals surface area contributed by atoms with Gasteiger partial charge >= 0.3 is 0 Å². The van der Waals surface area contributed by atoms with Crippen molar-refractivity contribution >= 4 is 50.7 Å². The van der Waals surface area contributed by atoms with Gasteiger partial charge in [-0.25, -0.2) is 13.1 Å². The van der Waals surface area contributed by atoms with Crippen molar-refractivity contribution in [3.05, 3.63) is 58.1 Å². The summed E-state index contributed by atoms with van der Waals surface area (Å²) >= 11 is 11.8. The zero-order valence-electron chi connectivity index (χ0n) is 15.0. The van der Waals surface area contributed by atoms with E-state index in [4.69, 9.17) is 23.2 Å². The summed E-state index contributed by atoms with van der Waals surface area (Å²) < 4.78 is 26.9. The lowest BCUT2D eigenvalue weighted by molar-refractivity contribution is -0.115. The molecule has 0 radical (unpaired) electrons. The summed E-state index contributed by atoms with van der Waals surface area (Å²) in [5.74, 6) is -0.488. The molecule has 0 fully saturated rings. The van der Waals surface area contributed by atoms with Crippen LogP contribution in [-0.2, 0) is 14.8 Å². The molecule has 0 spiro atoms. The maximum absolute atomic E-state index is 12.3. The van der Waals surface area contributed by atoms with Crippen molar-refractivity contribution < 1.29 is 18.0 Å². The van der Waals surface area contributed by atoms with Gasteiger partial charge in [-0.1, -0.05) is 36.2 Å². The molecule has 0 aliphatic heterocycles. The molecular weight excluding hydrogens is 425 g/mol. The highest BCUT2D eigenvalue weighted by molar-refractivity contribution is 7.89. The van der Waals surface area contributed by atoms with Crippen molar-refractivity contribution in [2.75, 3.05) is 18.4 Å². The predicted octanol–water partition coefficient (Wildman–Crippen LogP) is 3.05. The minimum Gasteiger partial charge on any atom is -0.351 e. The topological polar surface area (TPSA) is 104 Å². The summed E-state index contributed by atoms with van der Waals surface area (Å²) in [6.45, 7) is 1.79. The van der Waals surface area contributed by atoms with Gasteiger partial charge in [0.15, 0.2) is 0 Å². The molecule has 2 rings (SSSR count). The van der Waals surface area contributed by atoms with Crippen molar-refractivity contribution in [3.63, 3.8) is 0 Å². The molecule has 0 aliphatic rings. The normalized spacial score (nSPS) is 11.1. The number of sulfonamides is 1. The largest absolute Gasteiger partial charge is 0.351 e. The van der Waals surface area contributed by atoms with Crippen LogP contribution >= 0.6 is 23.2 Å². The minimum absolute atomic E-state index is 0.0262. The van der Waals surface area contributed by atoms with Crippen LogP contribution in [0.4, 0.5) is 5.69 Å². The van der Waals surface area contributed by atoms with Crippen LogP contribution in [0.25, 0.3) is 0 Å². The van der Waals surface area contributed by atoms with E-state index >= 15 is 0 Å². The lowest BCUT2D eigenvalue weighted by Gasteiger charge is -2.10. The molecule has 2 aromatic rings. The van der Waals surface area contributed by atoms with Gasteiger partial charge < -0.3 is 10.6 Å². The first kappa shape index (κ1) is 22.2. The van der Waals surface area contributed by atoms with E-state index in [2.05, 4.69) is 15.4 Å². The third-order valence-electron chi connectivity index (χ3n) is 3.66. The zero-order valence-corrected chi connectivity index (χ0v) is 17.3. The maximum Gasteiger partial charge on any atom is 0.251 e. The quantitative estimate of drug-likeness (QED) is 0.545. The Hall–Kier alpha value is -2.13. The van der Waals surface area contributed by atoms with E-state index in [1.807, 2.05) is 0 Å². The number of nitrogens with one attached hydrogen (secondary N) is 3. The summed E-state index contributed by atoms with van der Waals surface area (Å²) in [6, 6.07) is 10.7. The van der Waals surface area contributed by atoms with Crippen molar-refractivity contribution in [2.45, 2.75) is 18.2 Å². The predicted molar refractivity (Wildman–Crippen MR) is 109 cm³/mol. The first-order valence-electron chi connectivity index (χ1n) is 8.36. The Morgan fingerprint density at radius 1 is 1.00 bits per heavy atom. The van der Waals surface area contributed by atoms with Crippen LogP contribution in [0.1, 0.15) is 23.7 Å². The third kappa shape index (κ3) is 5.93. The molecule has 150 valence electrons. The average Bonchev–Trinajstić information content (AvgIpc) is 2.67. The Labute approximate surface area is 173 Å². The van der Waals surface area contributed by atoms with E-state index in [1.54, 1.807) is 31.2 Å². The molecule has 0 unspecified atom stereocenters. The second-order valence-electron chi connectivity index (χ2n) is 5.68. The number of amides is 2. The first-order valence-corrected chi connectivity index (χ1v) is 10.6. The molecule has 28 heavy (non-hydrogen) atoms. The summed E-state index contributed by atoms with van der Waals surface area (Å²) in [5, 5.41) is 5.37. The lowest BCUT2D eigenvalue weighted by atomic mass is 10.2. The number of carbonyl (C=O) groups excluding carboxylic acids is 2. The van der Waals surface area contributed by atoms with E-state index in [9.17, 15) is 18.0 Å². The standard InChI is InChI=1S/C18H19Cl2N3O4S/c1-2-16(24)23-13-8-6-12(7-9-13)18(25)21-10-11-22-28(26,27)15-5-3-4-14(19)17(15)20/h3-9,22H,2,10-11H2,1H3,(H,21,25)(H,23,24). The van der Waals surface area contributed by atoms with Gasteiger partial charge in [0.05, 0.1) is 10.0 Å². The Morgan fingerprint density at radius 3 is 2.32 bits per heavy atom. The number of halogens is 2. The molecule has 0 saturated heterocycles. The fourth-order valence-electron chi connectivity index (χ4n) is 2.19. The molecule has 0 aromatic heterocycles. The minimum atomic E-state index is -3.85. The summed E-state index contributed by atoms with van der Waals surface area (Å²) in [6.07, 6.45) is 0.360. The van der Waals surface area contributed by atoms with Crippen LogP contribution in [0.15, 0.2) is 47.4 Å². The van der Waals surface area contributed by atoms with Gasteiger partial charge in [0.2, 0.25) is 15.9 Å². The Morgan fingerprint density at radius 2 is 1.68 bits per heavy atom. The second-order valence-corrected chi connectivity index (χ2v) is 8.21. The van der Waals surface area contributed by atoms with Crippen molar-refractivity contribution in [1.29, 1.82) is 0 Å². The van der Waals surface area contributed by atoms with E-state index in [-0.39, 0.29) is 39.8 Å². The number of carbonyl (C=O) groups is 2. The number of hydrogen-bond donors (Lipinski definition) is 3. The molecule has 0 heterocycles. The van der Waals surface area contributed by atoms with E-state index in [0.717, 1.165) is 0 Å². The fourth-order valence-corrected chi connectivity index (χ4v) is 3.98. The molecule has 7 nitrogen and oxygen atoms in total. The summed E-state index contributed by atoms with van der Waals surface area (Å²) in [4.78, 5) is 23.3. The monoisotopic (exact) mass is 443 g/mol. The average molecular weight is 444 g/mol.